The van der Waals surface area contributed by atoms with Gasteiger partial charge >= 0.3 is 5.97 Å². The molecule has 2 nitrogen and oxygen atoms in total. The molecule has 1 heterocycles. The molecule has 21 heavy (non-hydrogen) atoms. The predicted octanol–water partition coefficient (Wildman–Crippen LogP) is 5.62. The average Bonchev–Trinajstić information content (AvgIpc) is 2.81. The molecule has 1 aliphatic heterocycles. The summed E-state index contributed by atoms with van der Waals surface area (Å²) < 4.78 is 5.85. The summed E-state index contributed by atoms with van der Waals surface area (Å²) in [5, 5.41) is 0. The lowest BCUT2D eigenvalue weighted by atomic mass is 9.96. The van der Waals surface area contributed by atoms with Crippen molar-refractivity contribution in [2.75, 3.05) is 5.75 Å². The van der Waals surface area contributed by atoms with Crippen LogP contribution in [0, 0.1) is 5.92 Å². The molecular weight excluding hydrogens is 300 g/mol. The van der Waals surface area contributed by atoms with E-state index >= 15 is 0 Å². The van der Waals surface area contributed by atoms with E-state index in [0.717, 1.165) is 25.7 Å². The highest BCUT2D eigenvalue weighted by Crippen LogP contribution is 2.50. The SMILES string of the molecule is C=CC1(CCCCC(=O)OC(C)(C)CC(C)C)CCSS1. The Morgan fingerprint density at radius 2 is 2.14 bits per heavy atom. The van der Waals surface area contributed by atoms with E-state index in [1.807, 2.05) is 35.4 Å². The fraction of sp³-hybridized carbons (Fsp3) is 0.824. The van der Waals surface area contributed by atoms with E-state index < -0.39 is 0 Å². The molecule has 1 rings (SSSR count). The number of hydrogen-bond donors (Lipinski definition) is 0. The molecule has 0 aromatic carbocycles. The minimum atomic E-state index is -0.342. The van der Waals surface area contributed by atoms with Crippen molar-refractivity contribution >= 4 is 27.6 Å². The van der Waals surface area contributed by atoms with Crippen LogP contribution in [0.1, 0.15) is 66.2 Å². The summed E-state index contributed by atoms with van der Waals surface area (Å²) in [7, 11) is 3.89. The van der Waals surface area contributed by atoms with E-state index in [0.29, 0.717) is 12.3 Å². The molecule has 0 bridgehead atoms. The molecule has 0 radical (unpaired) electrons. The molecule has 0 N–H and O–H groups in total. The third-order valence-corrected chi connectivity index (χ3v) is 6.97. The van der Waals surface area contributed by atoms with E-state index in [2.05, 4.69) is 26.5 Å². The van der Waals surface area contributed by atoms with Crippen LogP contribution in [0.5, 0.6) is 0 Å². The number of carbonyl (C=O) groups excluding carboxylic acids is 1. The van der Waals surface area contributed by atoms with Crippen LogP contribution in [-0.2, 0) is 9.53 Å². The van der Waals surface area contributed by atoms with Gasteiger partial charge in [0.25, 0.3) is 0 Å². The van der Waals surface area contributed by atoms with Gasteiger partial charge in [0, 0.05) is 16.9 Å². The van der Waals surface area contributed by atoms with Gasteiger partial charge in [0.2, 0.25) is 0 Å². The second-order valence-electron chi connectivity index (χ2n) is 6.96. The molecule has 1 aliphatic rings. The molecule has 0 amide bonds. The topological polar surface area (TPSA) is 26.3 Å². The lowest BCUT2D eigenvalue weighted by Gasteiger charge is -2.27. The van der Waals surface area contributed by atoms with Crippen molar-refractivity contribution in [2.45, 2.75) is 76.6 Å². The van der Waals surface area contributed by atoms with Gasteiger partial charge in [0.1, 0.15) is 5.60 Å². The Labute approximate surface area is 138 Å². The monoisotopic (exact) mass is 330 g/mol. The Bertz CT molecular complexity index is 345. The smallest absolute Gasteiger partial charge is 0.306 e. The van der Waals surface area contributed by atoms with Crippen molar-refractivity contribution in [1.29, 1.82) is 0 Å². The standard InChI is InChI=1S/C17H30O2S2/c1-6-17(11-12-20-21-17)10-8-7-9-15(18)19-16(4,5)13-14(2)3/h6,14H,1,7-13H2,2-5H3. The van der Waals surface area contributed by atoms with Gasteiger partial charge < -0.3 is 4.74 Å². The number of unbranched alkanes of at least 4 members (excludes halogenated alkanes) is 1. The van der Waals surface area contributed by atoms with Gasteiger partial charge in [-0.15, -0.1) is 6.58 Å². The minimum Gasteiger partial charge on any atom is -0.460 e. The maximum Gasteiger partial charge on any atom is 0.306 e. The quantitative estimate of drug-likeness (QED) is 0.237. The molecule has 1 atom stereocenters. The van der Waals surface area contributed by atoms with E-state index in [1.54, 1.807) is 0 Å². The molecular formula is C17H30O2S2. The maximum absolute atomic E-state index is 11.9. The fourth-order valence-electron chi connectivity index (χ4n) is 2.90. The number of esters is 1. The zero-order chi connectivity index (χ0) is 15.9. The van der Waals surface area contributed by atoms with Crippen molar-refractivity contribution in [3.8, 4) is 0 Å². The van der Waals surface area contributed by atoms with Gasteiger partial charge in [-0.1, -0.05) is 47.9 Å². The zero-order valence-corrected chi connectivity index (χ0v) is 15.6. The van der Waals surface area contributed by atoms with Crippen LogP contribution in [0.25, 0.3) is 0 Å². The summed E-state index contributed by atoms with van der Waals surface area (Å²) in [4.78, 5) is 11.9. The van der Waals surface area contributed by atoms with Gasteiger partial charge in [-0.05, 0) is 45.4 Å². The summed E-state index contributed by atoms with van der Waals surface area (Å²) in [5.74, 6) is 1.70. The lowest BCUT2D eigenvalue weighted by molar-refractivity contribution is -0.157. The van der Waals surface area contributed by atoms with Gasteiger partial charge in [-0.25, -0.2) is 0 Å². The molecule has 122 valence electrons. The molecule has 0 saturated carbocycles. The first kappa shape index (κ1) is 19.0. The van der Waals surface area contributed by atoms with E-state index in [-0.39, 0.29) is 16.3 Å². The molecule has 0 aromatic rings. The van der Waals surface area contributed by atoms with Gasteiger partial charge in [0.15, 0.2) is 0 Å². The molecule has 0 aliphatic carbocycles. The third-order valence-electron chi connectivity index (χ3n) is 3.73. The van der Waals surface area contributed by atoms with Gasteiger partial charge in [0.05, 0.1) is 0 Å². The highest BCUT2D eigenvalue weighted by molar-refractivity contribution is 8.77. The van der Waals surface area contributed by atoms with Crippen molar-refractivity contribution in [2.24, 2.45) is 5.92 Å². The highest BCUT2D eigenvalue weighted by atomic mass is 33.1. The summed E-state index contributed by atoms with van der Waals surface area (Å²) in [5.41, 5.74) is -0.342. The van der Waals surface area contributed by atoms with Crippen LogP contribution in [-0.4, -0.2) is 22.1 Å². The zero-order valence-electron chi connectivity index (χ0n) is 13.9. The first-order valence-corrected chi connectivity index (χ1v) is 10.3. The van der Waals surface area contributed by atoms with E-state index in [4.69, 9.17) is 4.74 Å². The Morgan fingerprint density at radius 3 is 2.67 bits per heavy atom. The number of rotatable bonds is 9. The summed E-state index contributed by atoms with van der Waals surface area (Å²) in [6.07, 6.45) is 7.85. The largest absolute Gasteiger partial charge is 0.460 e. The Hall–Kier alpha value is -0.0900. The molecule has 4 heteroatoms. The van der Waals surface area contributed by atoms with Gasteiger partial charge in [-0.3, -0.25) is 4.79 Å². The molecule has 1 fully saturated rings. The predicted molar refractivity (Wildman–Crippen MR) is 95.7 cm³/mol. The second-order valence-corrected chi connectivity index (χ2v) is 9.79. The normalized spacial score (nSPS) is 22.5. The minimum absolute atomic E-state index is 0.0539. The maximum atomic E-state index is 11.9. The summed E-state index contributed by atoms with van der Waals surface area (Å²) in [6.45, 7) is 12.3. The van der Waals surface area contributed by atoms with Crippen molar-refractivity contribution in [1.82, 2.24) is 0 Å². The fourth-order valence-corrected chi connectivity index (χ4v) is 6.18. The number of ether oxygens (including phenoxy) is 1. The second kappa shape index (κ2) is 8.52. The van der Waals surface area contributed by atoms with Crippen LogP contribution < -0.4 is 0 Å². The lowest BCUT2D eigenvalue weighted by Crippen LogP contribution is -2.29. The first-order valence-electron chi connectivity index (χ1n) is 7.95. The average molecular weight is 331 g/mol. The molecule has 0 spiro atoms. The first-order chi connectivity index (χ1) is 9.79. The van der Waals surface area contributed by atoms with Crippen LogP contribution >= 0.6 is 21.6 Å². The van der Waals surface area contributed by atoms with E-state index in [1.165, 1.54) is 12.2 Å². The van der Waals surface area contributed by atoms with Crippen LogP contribution in [0.2, 0.25) is 0 Å². The van der Waals surface area contributed by atoms with E-state index in [9.17, 15) is 4.79 Å². The summed E-state index contributed by atoms with van der Waals surface area (Å²) in [6, 6.07) is 0. The van der Waals surface area contributed by atoms with Gasteiger partial charge in [-0.2, -0.15) is 0 Å². The molecule has 0 aromatic heterocycles. The Morgan fingerprint density at radius 1 is 1.43 bits per heavy atom. The number of hydrogen-bond acceptors (Lipinski definition) is 4. The van der Waals surface area contributed by atoms with Crippen LogP contribution in [0.15, 0.2) is 12.7 Å². The third kappa shape index (κ3) is 7.14. The molecule has 1 saturated heterocycles. The molecule has 1 unspecified atom stereocenters. The van der Waals surface area contributed by atoms with Crippen molar-refractivity contribution in [3.05, 3.63) is 12.7 Å². The van der Waals surface area contributed by atoms with Crippen molar-refractivity contribution in [3.63, 3.8) is 0 Å². The highest BCUT2D eigenvalue weighted by Gasteiger charge is 2.32. The Balaban J connectivity index is 2.23. The van der Waals surface area contributed by atoms with Crippen LogP contribution in [0.3, 0.4) is 0 Å². The van der Waals surface area contributed by atoms with Crippen LogP contribution in [0.4, 0.5) is 0 Å². The summed E-state index contributed by atoms with van der Waals surface area (Å²) >= 11 is 0. The number of carbonyl (C=O) groups is 1. The Kier molecular flexibility index (Phi) is 7.69. The van der Waals surface area contributed by atoms with Crippen molar-refractivity contribution < 1.29 is 9.53 Å².